The Balaban J connectivity index is 1.28. The van der Waals surface area contributed by atoms with E-state index >= 15 is 0 Å². The second-order valence-corrected chi connectivity index (χ2v) is 9.75. The molecule has 0 bridgehead atoms. The third-order valence-electron chi connectivity index (χ3n) is 6.91. The number of amides is 1. The third kappa shape index (κ3) is 3.66. The number of likely N-dealkylation sites (tertiary alicyclic amines) is 1. The molecule has 1 spiro atoms. The zero-order chi connectivity index (χ0) is 19.8. The van der Waals surface area contributed by atoms with Gasteiger partial charge in [0.15, 0.2) is 0 Å². The molecule has 2 fully saturated rings. The maximum atomic E-state index is 13.2. The Morgan fingerprint density at radius 2 is 2.03 bits per heavy atom. The van der Waals surface area contributed by atoms with Gasteiger partial charge in [-0.1, -0.05) is 0 Å². The summed E-state index contributed by atoms with van der Waals surface area (Å²) >= 11 is 1.64. The number of fused-ring (bicyclic) bond motifs is 1. The molecule has 1 N–H and O–H groups in total. The molecule has 3 aliphatic rings. The van der Waals surface area contributed by atoms with Gasteiger partial charge >= 0.3 is 0 Å². The van der Waals surface area contributed by atoms with Crippen LogP contribution < -0.4 is 4.90 Å². The van der Waals surface area contributed by atoms with Crippen LogP contribution in [-0.2, 0) is 12.8 Å². The number of aliphatic hydroxyl groups excluding tert-OH is 1. The number of aromatic nitrogens is 2. The van der Waals surface area contributed by atoms with Crippen molar-refractivity contribution < 1.29 is 9.90 Å². The molecule has 6 nitrogen and oxygen atoms in total. The molecule has 1 atom stereocenters. The van der Waals surface area contributed by atoms with Gasteiger partial charge in [0.1, 0.15) is 5.82 Å². The van der Waals surface area contributed by atoms with Crippen LogP contribution in [0.5, 0.6) is 0 Å². The maximum Gasteiger partial charge on any atom is 0.264 e. The largest absolute Gasteiger partial charge is 0.391 e. The molecule has 2 aromatic heterocycles. The molecular formula is C22H28N4O2S. The smallest absolute Gasteiger partial charge is 0.264 e. The highest BCUT2D eigenvalue weighted by Gasteiger charge is 2.43. The van der Waals surface area contributed by atoms with Gasteiger partial charge in [-0.3, -0.25) is 9.78 Å². The van der Waals surface area contributed by atoms with Gasteiger partial charge < -0.3 is 14.9 Å². The van der Waals surface area contributed by atoms with Crippen LogP contribution in [0.15, 0.2) is 24.0 Å². The number of β-amino-alcohol motifs (C(OH)–C–C–N with tert-alkyl or cyclic N) is 1. The van der Waals surface area contributed by atoms with E-state index in [0.29, 0.717) is 6.54 Å². The molecule has 1 unspecified atom stereocenters. The van der Waals surface area contributed by atoms with Gasteiger partial charge in [-0.2, -0.15) is 0 Å². The molecule has 1 amide bonds. The third-order valence-corrected chi connectivity index (χ3v) is 7.97. The van der Waals surface area contributed by atoms with Crippen LogP contribution in [0, 0.1) is 5.41 Å². The Morgan fingerprint density at radius 1 is 1.21 bits per heavy atom. The van der Waals surface area contributed by atoms with E-state index in [2.05, 4.69) is 20.2 Å². The standard InChI is InChI=1S/C22H28N4O2S/c27-17-11-22(15-26(13-17)19-12-23-7-8-24-19)5-9-25(10-6-22)21(28)20-18-4-2-1-3-16(18)14-29-20/h7-8,12,14,17,27H,1-6,9-11,13,15H2. The first kappa shape index (κ1) is 19.0. The summed E-state index contributed by atoms with van der Waals surface area (Å²) in [7, 11) is 0. The first-order valence-electron chi connectivity index (χ1n) is 10.7. The minimum absolute atomic E-state index is 0.0425. The zero-order valence-corrected chi connectivity index (χ0v) is 17.5. The second-order valence-electron chi connectivity index (χ2n) is 8.87. The number of carbonyl (C=O) groups is 1. The maximum absolute atomic E-state index is 13.2. The number of piperidine rings is 2. The molecule has 0 radical (unpaired) electrons. The summed E-state index contributed by atoms with van der Waals surface area (Å²) in [6.45, 7) is 3.02. The minimum atomic E-state index is -0.364. The first-order valence-corrected chi connectivity index (χ1v) is 11.6. The van der Waals surface area contributed by atoms with E-state index in [9.17, 15) is 9.90 Å². The van der Waals surface area contributed by atoms with Crippen LogP contribution in [0.1, 0.15) is 52.9 Å². The summed E-state index contributed by atoms with van der Waals surface area (Å²) in [6.07, 6.45) is 12.1. The van der Waals surface area contributed by atoms with Crippen molar-refractivity contribution in [1.29, 1.82) is 0 Å². The number of hydrogen-bond donors (Lipinski definition) is 1. The molecule has 2 aliphatic heterocycles. The monoisotopic (exact) mass is 412 g/mol. The summed E-state index contributed by atoms with van der Waals surface area (Å²) in [5.74, 6) is 1.05. The lowest BCUT2D eigenvalue weighted by Gasteiger charge is -2.49. The van der Waals surface area contributed by atoms with Crippen molar-refractivity contribution in [3.05, 3.63) is 40.0 Å². The van der Waals surface area contributed by atoms with Gasteiger partial charge in [-0.15, -0.1) is 11.3 Å². The molecule has 4 heterocycles. The van der Waals surface area contributed by atoms with Gasteiger partial charge in [-0.05, 0) is 66.9 Å². The lowest BCUT2D eigenvalue weighted by Crippen LogP contribution is -2.54. The average Bonchev–Trinajstić information content (AvgIpc) is 3.18. The quantitative estimate of drug-likeness (QED) is 0.821. The molecule has 0 saturated carbocycles. The van der Waals surface area contributed by atoms with Gasteiger partial charge in [0, 0.05) is 38.6 Å². The lowest BCUT2D eigenvalue weighted by molar-refractivity contribution is 0.0248. The van der Waals surface area contributed by atoms with E-state index in [-0.39, 0.29) is 17.4 Å². The number of anilines is 1. The highest BCUT2D eigenvalue weighted by atomic mass is 32.1. The Kier molecular flexibility index (Phi) is 5.04. The molecule has 2 saturated heterocycles. The van der Waals surface area contributed by atoms with E-state index < -0.39 is 0 Å². The van der Waals surface area contributed by atoms with Crippen LogP contribution in [0.3, 0.4) is 0 Å². The van der Waals surface area contributed by atoms with Crippen molar-refractivity contribution >= 4 is 23.1 Å². The van der Waals surface area contributed by atoms with Crippen LogP contribution in [0.25, 0.3) is 0 Å². The Hall–Kier alpha value is -1.99. The second kappa shape index (κ2) is 7.69. The average molecular weight is 413 g/mol. The number of aliphatic hydroxyl groups is 1. The Morgan fingerprint density at radius 3 is 2.83 bits per heavy atom. The number of nitrogens with zero attached hydrogens (tertiary/aromatic N) is 4. The van der Waals surface area contributed by atoms with Gasteiger partial charge in [0.2, 0.25) is 0 Å². The molecule has 5 rings (SSSR count). The fraction of sp³-hybridized carbons (Fsp3) is 0.591. The number of carbonyl (C=O) groups excluding carboxylic acids is 1. The van der Waals surface area contributed by atoms with Gasteiger partial charge in [0.05, 0.1) is 17.2 Å². The van der Waals surface area contributed by atoms with Crippen LogP contribution >= 0.6 is 11.3 Å². The van der Waals surface area contributed by atoms with Crippen molar-refractivity contribution in [2.24, 2.45) is 5.41 Å². The Bertz CT molecular complexity index is 876. The predicted octanol–water partition coefficient (Wildman–Crippen LogP) is 2.91. The van der Waals surface area contributed by atoms with E-state index in [4.69, 9.17) is 0 Å². The van der Waals surface area contributed by atoms with Crippen LogP contribution in [0.2, 0.25) is 0 Å². The topological polar surface area (TPSA) is 69.6 Å². The molecular weight excluding hydrogens is 384 g/mol. The highest BCUT2D eigenvalue weighted by molar-refractivity contribution is 7.12. The first-order chi connectivity index (χ1) is 14.1. The summed E-state index contributed by atoms with van der Waals surface area (Å²) in [4.78, 5) is 27.0. The number of aryl methyl sites for hydroxylation is 1. The van der Waals surface area contributed by atoms with Gasteiger partial charge in [-0.25, -0.2) is 4.98 Å². The van der Waals surface area contributed by atoms with Crippen molar-refractivity contribution in [2.75, 3.05) is 31.1 Å². The molecule has 2 aromatic rings. The van der Waals surface area contributed by atoms with Crippen molar-refractivity contribution in [1.82, 2.24) is 14.9 Å². The summed E-state index contributed by atoms with van der Waals surface area (Å²) in [5.41, 5.74) is 2.75. The highest BCUT2D eigenvalue weighted by Crippen LogP contribution is 2.41. The minimum Gasteiger partial charge on any atom is -0.391 e. The predicted molar refractivity (Wildman–Crippen MR) is 113 cm³/mol. The van der Waals surface area contributed by atoms with Crippen LogP contribution in [-0.4, -0.2) is 58.2 Å². The van der Waals surface area contributed by atoms with Crippen molar-refractivity contribution in [3.8, 4) is 0 Å². The molecule has 1 aliphatic carbocycles. The molecule has 29 heavy (non-hydrogen) atoms. The summed E-state index contributed by atoms with van der Waals surface area (Å²) in [5, 5.41) is 12.7. The van der Waals surface area contributed by atoms with E-state index in [1.54, 1.807) is 29.9 Å². The number of thiophene rings is 1. The fourth-order valence-corrected chi connectivity index (χ4v) is 6.50. The SMILES string of the molecule is O=C(c1scc2c1CCCC2)N1CCC2(CC1)CC(O)CN(c1cnccn1)C2. The van der Waals surface area contributed by atoms with Crippen molar-refractivity contribution in [2.45, 2.75) is 51.0 Å². The fourth-order valence-electron chi connectivity index (χ4n) is 5.37. The van der Waals surface area contributed by atoms with E-state index in [1.807, 2.05) is 4.90 Å². The summed E-state index contributed by atoms with van der Waals surface area (Å²) in [6, 6.07) is 0. The molecule has 7 heteroatoms. The number of rotatable bonds is 2. The normalized spacial score (nSPS) is 23.8. The number of hydrogen-bond acceptors (Lipinski definition) is 6. The van der Waals surface area contributed by atoms with E-state index in [1.165, 1.54) is 24.0 Å². The van der Waals surface area contributed by atoms with Gasteiger partial charge in [0.25, 0.3) is 5.91 Å². The molecule has 154 valence electrons. The Labute approximate surface area is 175 Å². The molecule has 0 aromatic carbocycles. The zero-order valence-electron chi connectivity index (χ0n) is 16.7. The van der Waals surface area contributed by atoms with E-state index in [0.717, 1.165) is 62.4 Å². The van der Waals surface area contributed by atoms with Crippen molar-refractivity contribution in [3.63, 3.8) is 0 Å². The lowest BCUT2D eigenvalue weighted by atomic mass is 9.71. The van der Waals surface area contributed by atoms with Crippen LogP contribution in [0.4, 0.5) is 5.82 Å². The summed E-state index contributed by atoms with van der Waals surface area (Å²) < 4.78 is 0.